The van der Waals surface area contributed by atoms with Crippen LogP contribution in [0, 0.1) is 6.92 Å². The van der Waals surface area contributed by atoms with Crippen LogP contribution in [0.15, 0.2) is 54.0 Å². The summed E-state index contributed by atoms with van der Waals surface area (Å²) in [6, 6.07) is 13.3. The molecule has 0 aliphatic rings. The van der Waals surface area contributed by atoms with Gasteiger partial charge >= 0.3 is 0 Å². The number of ether oxygens (including phenoxy) is 1. The summed E-state index contributed by atoms with van der Waals surface area (Å²) in [4.78, 5) is 26.6. The molecule has 140 valence electrons. The summed E-state index contributed by atoms with van der Waals surface area (Å²) in [5, 5.41) is 6.06. The number of benzene rings is 1. The summed E-state index contributed by atoms with van der Waals surface area (Å²) in [6.45, 7) is 1.83. The van der Waals surface area contributed by atoms with Crippen molar-refractivity contribution in [1.29, 1.82) is 0 Å². The molecule has 0 aliphatic heterocycles. The van der Waals surface area contributed by atoms with Crippen molar-refractivity contribution in [3.8, 4) is 27.7 Å². The monoisotopic (exact) mass is 408 g/mol. The van der Waals surface area contributed by atoms with E-state index in [1.165, 1.54) is 22.7 Å². The molecular weight excluding hydrogens is 392 g/mol. The molecule has 1 aromatic carbocycles. The average Bonchev–Trinajstić information content (AvgIpc) is 3.35. The Hall–Kier alpha value is -3.10. The van der Waals surface area contributed by atoms with E-state index < -0.39 is 0 Å². The first-order valence-corrected chi connectivity index (χ1v) is 10.1. The molecule has 0 unspecified atom stereocenters. The second-order valence-corrected chi connectivity index (χ2v) is 7.73. The van der Waals surface area contributed by atoms with E-state index in [0.29, 0.717) is 15.7 Å². The Bertz CT molecular complexity index is 1100. The number of aromatic nitrogens is 3. The van der Waals surface area contributed by atoms with Crippen LogP contribution in [-0.4, -0.2) is 28.0 Å². The van der Waals surface area contributed by atoms with Crippen molar-refractivity contribution < 1.29 is 9.53 Å². The Balaban J connectivity index is 1.52. The molecule has 0 aliphatic carbocycles. The number of carbonyl (C=O) groups is 1. The number of aryl methyl sites for hydroxylation is 1. The standard InChI is InChI=1S/C20H16N4O2S2/c1-12-17(28-19(22-12)13-6-8-14(26-2)9-7-13)18(25)24-20-23-16(11-27-20)15-5-3-4-10-21-15/h3-11H,1-2H3,(H,23,24,25). The fourth-order valence-electron chi connectivity index (χ4n) is 2.58. The third-order valence-electron chi connectivity index (χ3n) is 3.99. The summed E-state index contributed by atoms with van der Waals surface area (Å²) >= 11 is 2.72. The number of pyridine rings is 1. The van der Waals surface area contributed by atoms with Crippen molar-refractivity contribution in [3.63, 3.8) is 0 Å². The Morgan fingerprint density at radius 3 is 2.61 bits per heavy atom. The predicted molar refractivity (Wildman–Crippen MR) is 112 cm³/mol. The molecule has 0 bridgehead atoms. The van der Waals surface area contributed by atoms with Crippen LogP contribution in [0.2, 0.25) is 0 Å². The first kappa shape index (κ1) is 18.3. The molecule has 0 radical (unpaired) electrons. The van der Waals surface area contributed by atoms with Gasteiger partial charge in [0.1, 0.15) is 21.3 Å². The molecular formula is C20H16N4O2S2. The molecule has 1 amide bonds. The normalized spacial score (nSPS) is 10.6. The number of hydrogen-bond donors (Lipinski definition) is 1. The van der Waals surface area contributed by atoms with Gasteiger partial charge in [0.05, 0.1) is 18.5 Å². The van der Waals surface area contributed by atoms with E-state index in [4.69, 9.17) is 4.74 Å². The number of rotatable bonds is 5. The van der Waals surface area contributed by atoms with Gasteiger partial charge in [-0.3, -0.25) is 15.1 Å². The van der Waals surface area contributed by atoms with Crippen LogP contribution >= 0.6 is 22.7 Å². The summed E-state index contributed by atoms with van der Waals surface area (Å²) in [5.41, 5.74) is 3.14. The molecule has 0 saturated carbocycles. The molecule has 8 heteroatoms. The number of nitrogens with zero attached hydrogens (tertiary/aromatic N) is 3. The molecule has 28 heavy (non-hydrogen) atoms. The number of thiazole rings is 2. The summed E-state index contributed by atoms with van der Waals surface area (Å²) in [5.74, 6) is 0.569. The first-order valence-electron chi connectivity index (χ1n) is 8.44. The number of hydrogen-bond acceptors (Lipinski definition) is 7. The molecule has 6 nitrogen and oxygen atoms in total. The highest BCUT2D eigenvalue weighted by molar-refractivity contribution is 7.17. The lowest BCUT2D eigenvalue weighted by molar-refractivity contribution is 0.103. The van der Waals surface area contributed by atoms with Gasteiger partial charge in [-0.2, -0.15) is 0 Å². The fraction of sp³-hybridized carbons (Fsp3) is 0.100. The predicted octanol–water partition coefficient (Wildman–Crippen LogP) is 4.90. The SMILES string of the molecule is COc1ccc(-c2nc(C)c(C(=O)Nc3nc(-c4ccccn4)cs3)s2)cc1. The van der Waals surface area contributed by atoms with E-state index in [-0.39, 0.29) is 5.91 Å². The zero-order valence-electron chi connectivity index (χ0n) is 15.2. The van der Waals surface area contributed by atoms with E-state index in [1.54, 1.807) is 13.3 Å². The van der Waals surface area contributed by atoms with E-state index in [2.05, 4.69) is 20.3 Å². The van der Waals surface area contributed by atoms with Gasteiger partial charge in [-0.15, -0.1) is 22.7 Å². The highest BCUT2D eigenvalue weighted by Gasteiger charge is 2.18. The lowest BCUT2D eigenvalue weighted by Crippen LogP contribution is -2.11. The minimum absolute atomic E-state index is 0.211. The molecule has 0 spiro atoms. The summed E-state index contributed by atoms with van der Waals surface area (Å²) in [7, 11) is 1.63. The van der Waals surface area contributed by atoms with Crippen LogP contribution in [0.4, 0.5) is 5.13 Å². The van der Waals surface area contributed by atoms with Crippen LogP contribution in [-0.2, 0) is 0 Å². The third kappa shape index (κ3) is 3.78. The second-order valence-electron chi connectivity index (χ2n) is 5.87. The molecule has 1 N–H and O–H groups in total. The Kier molecular flexibility index (Phi) is 5.14. The van der Waals surface area contributed by atoms with Crippen molar-refractivity contribution in [2.45, 2.75) is 6.92 Å². The van der Waals surface area contributed by atoms with Gasteiger partial charge in [0, 0.05) is 17.1 Å². The maximum Gasteiger partial charge on any atom is 0.269 e. The summed E-state index contributed by atoms with van der Waals surface area (Å²) < 4.78 is 5.18. The third-order valence-corrected chi connectivity index (χ3v) is 5.95. The quantitative estimate of drug-likeness (QED) is 0.508. The van der Waals surface area contributed by atoms with Gasteiger partial charge in [0.25, 0.3) is 5.91 Å². The number of anilines is 1. The van der Waals surface area contributed by atoms with Gasteiger partial charge in [-0.1, -0.05) is 6.07 Å². The Morgan fingerprint density at radius 2 is 1.89 bits per heavy atom. The number of amides is 1. The van der Waals surface area contributed by atoms with Crippen molar-refractivity contribution >= 4 is 33.7 Å². The van der Waals surface area contributed by atoms with E-state index >= 15 is 0 Å². The number of nitrogens with one attached hydrogen (secondary N) is 1. The molecule has 4 rings (SSSR count). The van der Waals surface area contributed by atoms with E-state index in [0.717, 1.165) is 27.7 Å². The highest BCUT2D eigenvalue weighted by Crippen LogP contribution is 2.30. The van der Waals surface area contributed by atoms with Crippen molar-refractivity contribution in [2.24, 2.45) is 0 Å². The fourth-order valence-corrected chi connectivity index (χ4v) is 4.25. The van der Waals surface area contributed by atoms with Gasteiger partial charge in [-0.05, 0) is 43.3 Å². The van der Waals surface area contributed by atoms with Gasteiger partial charge in [0.15, 0.2) is 5.13 Å². The molecule has 0 atom stereocenters. The van der Waals surface area contributed by atoms with Crippen LogP contribution in [0.25, 0.3) is 22.0 Å². The maximum atomic E-state index is 12.7. The van der Waals surface area contributed by atoms with Crippen LogP contribution in [0.3, 0.4) is 0 Å². The molecule has 0 fully saturated rings. The molecule has 3 heterocycles. The minimum atomic E-state index is -0.211. The smallest absolute Gasteiger partial charge is 0.269 e. The van der Waals surface area contributed by atoms with Crippen LogP contribution in [0.5, 0.6) is 5.75 Å². The van der Waals surface area contributed by atoms with Gasteiger partial charge < -0.3 is 4.74 Å². The van der Waals surface area contributed by atoms with Crippen molar-refractivity contribution in [3.05, 3.63) is 64.6 Å². The van der Waals surface area contributed by atoms with Crippen LogP contribution < -0.4 is 10.1 Å². The van der Waals surface area contributed by atoms with Gasteiger partial charge in [0.2, 0.25) is 0 Å². The number of methoxy groups -OCH3 is 1. The van der Waals surface area contributed by atoms with E-state index in [1.807, 2.05) is 54.8 Å². The van der Waals surface area contributed by atoms with Gasteiger partial charge in [-0.25, -0.2) is 9.97 Å². The lowest BCUT2D eigenvalue weighted by atomic mass is 10.2. The summed E-state index contributed by atoms with van der Waals surface area (Å²) in [6.07, 6.45) is 1.72. The second kappa shape index (κ2) is 7.87. The first-order chi connectivity index (χ1) is 13.6. The molecule has 3 aromatic heterocycles. The lowest BCUT2D eigenvalue weighted by Gasteiger charge is -2.00. The zero-order chi connectivity index (χ0) is 19.5. The number of carbonyl (C=O) groups excluding carboxylic acids is 1. The highest BCUT2D eigenvalue weighted by atomic mass is 32.1. The topological polar surface area (TPSA) is 77.0 Å². The average molecular weight is 409 g/mol. The van der Waals surface area contributed by atoms with Crippen LogP contribution in [0.1, 0.15) is 15.4 Å². The Morgan fingerprint density at radius 1 is 1.07 bits per heavy atom. The molecule has 4 aromatic rings. The zero-order valence-corrected chi connectivity index (χ0v) is 16.8. The van der Waals surface area contributed by atoms with Crippen molar-refractivity contribution in [2.75, 3.05) is 12.4 Å². The molecule has 0 saturated heterocycles. The largest absolute Gasteiger partial charge is 0.497 e. The minimum Gasteiger partial charge on any atom is -0.497 e. The van der Waals surface area contributed by atoms with E-state index in [9.17, 15) is 4.79 Å². The Labute approximate surface area is 169 Å². The van der Waals surface area contributed by atoms with Crippen molar-refractivity contribution in [1.82, 2.24) is 15.0 Å². The maximum absolute atomic E-state index is 12.7.